The van der Waals surface area contributed by atoms with Gasteiger partial charge < -0.3 is 33.8 Å². The maximum atomic E-state index is 13.1. The Kier molecular flexibility index (Phi) is 70.3. The van der Waals surface area contributed by atoms with E-state index in [0.717, 1.165) is 115 Å². The van der Waals surface area contributed by atoms with Crippen molar-refractivity contribution in [2.75, 3.05) is 39.6 Å². The molecule has 0 aromatic carbocycles. The summed E-state index contributed by atoms with van der Waals surface area (Å²) in [6.45, 7) is 9.61. The van der Waals surface area contributed by atoms with Crippen LogP contribution in [0.4, 0.5) is 0 Å². The highest BCUT2D eigenvalue weighted by molar-refractivity contribution is 7.47. The van der Waals surface area contributed by atoms with Gasteiger partial charge in [-0.05, 0) is 63.2 Å². The molecule has 0 fully saturated rings. The zero-order valence-electron chi connectivity index (χ0n) is 65.0. The molecule has 0 saturated carbocycles. The molecular formula is C81H154O17P2. The van der Waals surface area contributed by atoms with Crippen molar-refractivity contribution in [1.82, 2.24) is 0 Å². The van der Waals surface area contributed by atoms with E-state index in [1.54, 1.807) is 0 Å². The summed E-state index contributed by atoms with van der Waals surface area (Å²) in [6.07, 6.45) is 64.5. The first-order chi connectivity index (χ1) is 48.4. The number of unbranched alkanes of at least 4 members (excludes halogenated alkanes) is 45. The topological polar surface area (TPSA) is 237 Å². The fourth-order valence-corrected chi connectivity index (χ4v) is 13.6. The molecule has 0 radical (unpaired) electrons. The van der Waals surface area contributed by atoms with E-state index in [1.165, 1.54) is 205 Å². The Morgan fingerprint density at radius 1 is 0.310 bits per heavy atom. The molecule has 0 rings (SSSR count). The Hall–Kier alpha value is -2.46. The molecule has 0 aliphatic heterocycles. The normalized spacial score (nSPS) is 14.1. The molecule has 0 bridgehead atoms. The molecule has 19 heteroatoms. The van der Waals surface area contributed by atoms with Crippen molar-refractivity contribution in [3.63, 3.8) is 0 Å². The monoisotopic (exact) mass is 1460 g/mol. The number of hydrogen-bond acceptors (Lipinski definition) is 15. The lowest BCUT2D eigenvalue weighted by Crippen LogP contribution is -2.30. The quantitative estimate of drug-likeness (QED) is 0.0169. The predicted octanol–water partition coefficient (Wildman–Crippen LogP) is 23.8. The third kappa shape index (κ3) is 73.8. The van der Waals surface area contributed by atoms with Crippen LogP contribution in [0.15, 0.2) is 24.3 Å². The van der Waals surface area contributed by atoms with Crippen LogP contribution in [0.2, 0.25) is 0 Å². The van der Waals surface area contributed by atoms with Crippen LogP contribution in [0.5, 0.6) is 0 Å². The molecule has 0 aliphatic carbocycles. The number of hydrogen-bond donors (Lipinski definition) is 3. The average Bonchev–Trinajstić information content (AvgIpc) is 0.943. The molecule has 0 heterocycles. The summed E-state index contributed by atoms with van der Waals surface area (Å²) in [4.78, 5) is 73.0. The molecule has 5 atom stereocenters. The Morgan fingerprint density at radius 2 is 0.540 bits per heavy atom. The van der Waals surface area contributed by atoms with Crippen LogP contribution in [0.3, 0.4) is 0 Å². The van der Waals surface area contributed by atoms with Crippen molar-refractivity contribution >= 4 is 39.5 Å². The van der Waals surface area contributed by atoms with Gasteiger partial charge in [-0.25, -0.2) is 9.13 Å². The maximum Gasteiger partial charge on any atom is 0.472 e. The lowest BCUT2D eigenvalue weighted by Gasteiger charge is -2.21. The highest BCUT2D eigenvalue weighted by Gasteiger charge is 2.30. The smallest absolute Gasteiger partial charge is 0.462 e. The second kappa shape index (κ2) is 72.1. The lowest BCUT2D eigenvalue weighted by atomic mass is 10.0. The molecule has 17 nitrogen and oxygen atoms in total. The number of phosphoric ester groups is 2. The van der Waals surface area contributed by atoms with Crippen LogP contribution in [0.1, 0.15) is 401 Å². The number of carbonyl (C=O) groups is 4. The molecule has 0 amide bonds. The van der Waals surface area contributed by atoms with Crippen molar-refractivity contribution in [2.24, 2.45) is 11.8 Å². The zero-order valence-corrected chi connectivity index (χ0v) is 66.8. The summed E-state index contributed by atoms with van der Waals surface area (Å²) in [7, 11) is -9.93. The maximum absolute atomic E-state index is 13.1. The number of aliphatic hydroxyl groups is 1. The Labute approximate surface area is 612 Å². The van der Waals surface area contributed by atoms with Gasteiger partial charge in [0.25, 0.3) is 0 Å². The van der Waals surface area contributed by atoms with Crippen molar-refractivity contribution in [2.45, 2.75) is 419 Å². The van der Waals surface area contributed by atoms with Gasteiger partial charge in [-0.2, -0.15) is 0 Å². The number of allylic oxidation sites excluding steroid dienone is 4. The predicted molar refractivity (Wildman–Crippen MR) is 409 cm³/mol. The van der Waals surface area contributed by atoms with Gasteiger partial charge in [0.15, 0.2) is 12.2 Å². The van der Waals surface area contributed by atoms with Crippen LogP contribution >= 0.6 is 15.6 Å². The fraction of sp³-hybridized carbons (Fsp3) is 0.901. The summed E-state index contributed by atoms with van der Waals surface area (Å²) in [6, 6.07) is 0. The number of phosphoric acid groups is 2. The summed E-state index contributed by atoms with van der Waals surface area (Å²) in [5.41, 5.74) is 0. The van der Waals surface area contributed by atoms with E-state index < -0.39 is 97.5 Å². The van der Waals surface area contributed by atoms with Gasteiger partial charge in [0.2, 0.25) is 0 Å². The van der Waals surface area contributed by atoms with Crippen molar-refractivity contribution in [3.05, 3.63) is 24.3 Å². The second-order valence-electron chi connectivity index (χ2n) is 29.4. The van der Waals surface area contributed by atoms with Crippen LogP contribution in [0, 0.1) is 11.8 Å². The summed E-state index contributed by atoms with van der Waals surface area (Å²) >= 11 is 0. The van der Waals surface area contributed by atoms with Gasteiger partial charge in [0, 0.05) is 25.7 Å². The third-order valence-corrected chi connectivity index (χ3v) is 20.2. The van der Waals surface area contributed by atoms with Crippen LogP contribution in [-0.4, -0.2) is 96.7 Å². The largest absolute Gasteiger partial charge is 0.472 e. The minimum atomic E-state index is -4.97. The minimum Gasteiger partial charge on any atom is -0.462 e. The van der Waals surface area contributed by atoms with E-state index in [9.17, 15) is 43.2 Å². The third-order valence-electron chi connectivity index (χ3n) is 18.3. The molecule has 0 aromatic heterocycles. The van der Waals surface area contributed by atoms with E-state index >= 15 is 0 Å². The van der Waals surface area contributed by atoms with E-state index in [-0.39, 0.29) is 25.7 Å². The highest BCUT2D eigenvalue weighted by Crippen LogP contribution is 2.45. The molecule has 590 valence electrons. The Bertz CT molecular complexity index is 2020. The molecule has 0 saturated heterocycles. The first-order valence-corrected chi connectivity index (χ1v) is 44.3. The summed E-state index contributed by atoms with van der Waals surface area (Å²) in [5.74, 6) is -0.541. The van der Waals surface area contributed by atoms with Crippen LogP contribution < -0.4 is 0 Å². The standard InChI is InChI=1S/C81H154O17P2/c1-7-9-11-13-15-17-19-20-23-29-35-41-47-53-59-65-80(85)97-76(69-91-78(83)63-57-51-45-39-18-16-14-12-10-8-2)71-95-99(87,88)93-67-75(82)68-94-100(89,90)96-72-77(70-92-79(84)64-58-52-46-40-34-31-26-28-33-38-44-50-56-62-74(5)6)98-81(86)66-60-54-48-42-36-30-25-22-21-24-27-32-37-43-49-55-61-73(3)4/h17,19-20,23,73-77,82H,7-16,18,21-22,24-72H2,1-6H3,(H,87,88)(H,89,90)/b19-17-,23-20-/t75-,76+,77+/m0/s1. The summed E-state index contributed by atoms with van der Waals surface area (Å²) < 4.78 is 68.7. The van der Waals surface area contributed by atoms with E-state index in [1.807, 2.05) is 0 Å². The van der Waals surface area contributed by atoms with Gasteiger partial charge in [-0.3, -0.25) is 37.3 Å². The van der Waals surface area contributed by atoms with Gasteiger partial charge >= 0.3 is 39.5 Å². The molecule has 0 aromatic rings. The molecule has 0 aliphatic rings. The van der Waals surface area contributed by atoms with Gasteiger partial charge in [-0.1, -0.05) is 348 Å². The van der Waals surface area contributed by atoms with Crippen molar-refractivity contribution in [1.29, 1.82) is 0 Å². The average molecular weight is 1460 g/mol. The van der Waals surface area contributed by atoms with Crippen molar-refractivity contribution < 1.29 is 80.2 Å². The molecular weight excluding hydrogens is 1310 g/mol. The lowest BCUT2D eigenvalue weighted by molar-refractivity contribution is -0.161. The first-order valence-electron chi connectivity index (χ1n) is 41.3. The summed E-state index contributed by atoms with van der Waals surface area (Å²) in [5, 5.41) is 10.6. The van der Waals surface area contributed by atoms with Crippen LogP contribution in [0.25, 0.3) is 0 Å². The van der Waals surface area contributed by atoms with Gasteiger partial charge in [-0.15, -0.1) is 0 Å². The van der Waals surface area contributed by atoms with E-state index in [2.05, 4.69) is 65.8 Å². The van der Waals surface area contributed by atoms with Crippen molar-refractivity contribution in [3.8, 4) is 0 Å². The number of carbonyl (C=O) groups excluding carboxylic acids is 4. The van der Waals surface area contributed by atoms with E-state index in [4.69, 9.17) is 37.0 Å². The SMILES string of the molecule is CCCCCC/C=C\C=C/CCCCCCCC(=O)O[C@H](COC(=O)CCCCCCCCCCCC)COP(=O)(O)OC[C@H](O)COP(=O)(O)OC[C@@H](COC(=O)CCCCCCCCCCCCCCCC(C)C)OC(=O)CCCCCCCCCCCCCCCCCCC(C)C. The number of aliphatic hydroxyl groups excluding tert-OH is 1. The molecule has 2 unspecified atom stereocenters. The first kappa shape index (κ1) is 97.5. The van der Waals surface area contributed by atoms with Crippen LogP contribution in [-0.2, 0) is 65.4 Å². The fourth-order valence-electron chi connectivity index (χ4n) is 12.0. The molecule has 100 heavy (non-hydrogen) atoms. The number of ether oxygens (including phenoxy) is 4. The second-order valence-corrected chi connectivity index (χ2v) is 32.3. The number of rotatable bonds is 78. The minimum absolute atomic E-state index is 0.0853. The Balaban J connectivity index is 5.27. The van der Waals surface area contributed by atoms with Gasteiger partial charge in [0.1, 0.15) is 19.3 Å². The highest BCUT2D eigenvalue weighted by atomic mass is 31.2. The molecule has 0 spiro atoms. The number of esters is 4. The zero-order chi connectivity index (χ0) is 73.5. The molecule has 3 N–H and O–H groups in total. The van der Waals surface area contributed by atoms with Gasteiger partial charge in [0.05, 0.1) is 26.4 Å². The van der Waals surface area contributed by atoms with E-state index in [0.29, 0.717) is 25.7 Å². The Morgan fingerprint density at radius 3 is 0.820 bits per heavy atom.